The van der Waals surface area contributed by atoms with Gasteiger partial charge in [-0.3, -0.25) is 0 Å². The average Bonchev–Trinajstić information content (AvgIpc) is 2.86. The lowest BCUT2D eigenvalue weighted by Crippen LogP contribution is -2.03. The molecule has 0 fully saturated rings. The molecule has 0 amide bonds. The quantitative estimate of drug-likeness (QED) is 0.580. The summed E-state index contributed by atoms with van der Waals surface area (Å²) in [5.74, 6) is 0. The first kappa shape index (κ1) is 11.3. The molecule has 0 aliphatic heterocycles. The standard InChI is InChI=1S/C15H10N4S/c1-2-6-10(7-3-1)16-15-19-18-13-11-8-4-5-9-12(11)17-14(13)20-15/h1-9,17H. The second-order valence-corrected chi connectivity index (χ2v) is 5.36. The van der Waals surface area contributed by atoms with Gasteiger partial charge in [0.1, 0.15) is 10.3 Å². The zero-order valence-electron chi connectivity index (χ0n) is 10.4. The van der Waals surface area contributed by atoms with Crippen LogP contribution in [0.1, 0.15) is 0 Å². The fraction of sp³-hybridized carbons (Fsp3) is 0. The minimum Gasteiger partial charge on any atom is -0.345 e. The molecule has 96 valence electrons. The summed E-state index contributed by atoms with van der Waals surface area (Å²) in [6, 6.07) is 17.9. The number of aromatic nitrogens is 3. The van der Waals surface area contributed by atoms with Crippen LogP contribution in [0, 0.1) is 0 Å². The normalized spacial score (nSPS) is 12.3. The maximum Gasteiger partial charge on any atom is 0.232 e. The van der Waals surface area contributed by atoms with Crippen LogP contribution in [0.4, 0.5) is 5.69 Å². The highest BCUT2D eigenvalue weighted by molar-refractivity contribution is 7.15. The van der Waals surface area contributed by atoms with Crippen LogP contribution in [-0.4, -0.2) is 15.2 Å². The topological polar surface area (TPSA) is 53.9 Å². The Bertz CT molecular complexity index is 954. The van der Waals surface area contributed by atoms with Gasteiger partial charge in [-0.15, -0.1) is 10.2 Å². The second-order valence-electron chi connectivity index (χ2n) is 4.38. The number of nitrogens with zero attached hydrogens (tertiary/aromatic N) is 3. The molecule has 4 rings (SSSR count). The first-order chi connectivity index (χ1) is 9.90. The van der Waals surface area contributed by atoms with E-state index in [1.165, 1.54) is 11.3 Å². The Morgan fingerprint density at radius 2 is 1.70 bits per heavy atom. The Balaban J connectivity index is 1.95. The third-order valence-electron chi connectivity index (χ3n) is 3.06. The number of H-pyrrole nitrogens is 1. The Morgan fingerprint density at radius 1 is 0.900 bits per heavy atom. The van der Waals surface area contributed by atoms with Crippen molar-refractivity contribution in [3.63, 3.8) is 0 Å². The minimum absolute atomic E-state index is 0.648. The van der Waals surface area contributed by atoms with Crippen molar-refractivity contribution in [1.82, 2.24) is 15.2 Å². The molecule has 0 unspecified atom stereocenters. The molecule has 0 aliphatic carbocycles. The summed E-state index contributed by atoms with van der Waals surface area (Å²) < 4.78 is 0. The molecule has 2 aromatic carbocycles. The first-order valence-electron chi connectivity index (χ1n) is 6.24. The van der Waals surface area contributed by atoms with Gasteiger partial charge in [0.2, 0.25) is 4.80 Å². The average molecular weight is 278 g/mol. The lowest BCUT2D eigenvalue weighted by atomic mass is 10.2. The predicted molar refractivity (Wildman–Crippen MR) is 80.9 cm³/mol. The highest BCUT2D eigenvalue weighted by Crippen LogP contribution is 2.23. The van der Waals surface area contributed by atoms with Gasteiger partial charge in [0, 0.05) is 10.9 Å². The summed E-state index contributed by atoms with van der Waals surface area (Å²) in [7, 11) is 0. The Hall–Kier alpha value is -2.53. The summed E-state index contributed by atoms with van der Waals surface area (Å²) in [6.45, 7) is 0. The SMILES string of the molecule is c1ccc(N=c2nnc3c([nH]c4ccccc43)s2)cc1. The summed E-state index contributed by atoms with van der Waals surface area (Å²) in [4.78, 5) is 9.49. The molecule has 0 bridgehead atoms. The van der Waals surface area contributed by atoms with E-state index in [0.29, 0.717) is 4.80 Å². The Labute approximate surface area is 118 Å². The maximum atomic E-state index is 4.49. The van der Waals surface area contributed by atoms with E-state index >= 15 is 0 Å². The van der Waals surface area contributed by atoms with Crippen molar-refractivity contribution >= 4 is 38.3 Å². The number of hydrogen-bond acceptors (Lipinski definition) is 4. The third-order valence-corrected chi connectivity index (χ3v) is 3.91. The number of para-hydroxylation sites is 2. The van der Waals surface area contributed by atoms with E-state index in [0.717, 1.165) is 26.9 Å². The van der Waals surface area contributed by atoms with Crippen LogP contribution < -0.4 is 4.80 Å². The molecular formula is C15H10N4S. The molecule has 20 heavy (non-hydrogen) atoms. The molecule has 0 atom stereocenters. The minimum atomic E-state index is 0.648. The van der Waals surface area contributed by atoms with Gasteiger partial charge >= 0.3 is 0 Å². The van der Waals surface area contributed by atoms with Crippen molar-refractivity contribution in [3.8, 4) is 0 Å². The zero-order valence-corrected chi connectivity index (χ0v) is 11.3. The van der Waals surface area contributed by atoms with Crippen LogP contribution in [0.2, 0.25) is 0 Å². The number of rotatable bonds is 1. The van der Waals surface area contributed by atoms with Gasteiger partial charge in [-0.05, 0) is 18.2 Å². The fourth-order valence-electron chi connectivity index (χ4n) is 2.14. The van der Waals surface area contributed by atoms with Crippen molar-refractivity contribution in [3.05, 3.63) is 59.4 Å². The van der Waals surface area contributed by atoms with Gasteiger partial charge < -0.3 is 4.98 Å². The largest absolute Gasteiger partial charge is 0.345 e. The molecular weight excluding hydrogens is 268 g/mol. The fourth-order valence-corrected chi connectivity index (χ4v) is 2.96. The molecule has 0 radical (unpaired) electrons. The molecule has 0 aliphatic rings. The van der Waals surface area contributed by atoms with E-state index in [2.05, 4.69) is 20.2 Å². The first-order valence-corrected chi connectivity index (χ1v) is 7.06. The van der Waals surface area contributed by atoms with Crippen LogP contribution >= 0.6 is 11.3 Å². The van der Waals surface area contributed by atoms with Gasteiger partial charge in [0.25, 0.3) is 0 Å². The van der Waals surface area contributed by atoms with Crippen molar-refractivity contribution < 1.29 is 0 Å². The number of benzene rings is 2. The van der Waals surface area contributed by atoms with E-state index in [1.807, 2.05) is 54.6 Å². The second kappa shape index (κ2) is 4.54. The molecule has 0 spiro atoms. The van der Waals surface area contributed by atoms with E-state index in [-0.39, 0.29) is 0 Å². The molecule has 5 heteroatoms. The third kappa shape index (κ3) is 1.88. The molecule has 0 saturated carbocycles. The highest BCUT2D eigenvalue weighted by Gasteiger charge is 2.05. The predicted octanol–water partition coefficient (Wildman–Crippen LogP) is 3.41. The molecule has 2 heterocycles. The van der Waals surface area contributed by atoms with E-state index < -0.39 is 0 Å². The smallest absolute Gasteiger partial charge is 0.232 e. The van der Waals surface area contributed by atoms with Crippen molar-refractivity contribution in [1.29, 1.82) is 0 Å². The number of fused-ring (bicyclic) bond motifs is 3. The molecule has 4 nitrogen and oxygen atoms in total. The van der Waals surface area contributed by atoms with Gasteiger partial charge in [0.05, 0.1) is 5.69 Å². The highest BCUT2D eigenvalue weighted by atomic mass is 32.1. The van der Waals surface area contributed by atoms with Crippen molar-refractivity contribution in [2.24, 2.45) is 4.99 Å². The Kier molecular flexibility index (Phi) is 2.57. The summed E-state index contributed by atoms with van der Waals surface area (Å²) in [5, 5.41) is 9.60. The van der Waals surface area contributed by atoms with Crippen LogP contribution in [0.15, 0.2) is 59.6 Å². The van der Waals surface area contributed by atoms with E-state index in [9.17, 15) is 0 Å². The van der Waals surface area contributed by atoms with Gasteiger partial charge in [-0.1, -0.05) is 47.7 Å². The van der Waals surface area contributed by atoms with Gasteiger partial charge in [0.15, 0.2) is 0 Å². The molecule has 4 aromatic rings. The summed E-state index contributed by atoms with van der Waals surface area (Å²) >= 11 is 1.51. The molecule has 1 N–H and O–H groups in total. The zero-order chi connectivity index (χ0) is 13.4. The number of nitrogens with one attached hydrogen (secondary N) is 1. The molecule has 2 aromatic heterocycles. The lowest BCUT2D eigenvalue weighted by molar-refractivity contribution is 1.03. The van der Waals surface area contributed by atoms with Crippen LogP contribution in [0.5, 0.6) is 0 Å². The molecule has 0 saturated heterocycles. The monoisotopic (exact) mass is 278 g/mol. The van der Waals surface area contributed by atoms with Crippen molar-refractivity contribution in [2.45, 2.75) is 0 Å². The van der Waals surface area contributed by atoms with Gasteiger partial charge in [-0.25, -0.2) is 4.99 Å². The maximum absolute atomic E-state index is 4.49. The van der Waals surface area contributed by atoms with Crippen LogP contribution in [-0.2, 0) is 0 Å². The Morgan fingerprint density at radius 3 is 2.60 bits per heavy atom. The summed E-state index contributed by atoms with van der Waals surface area (Å²) in [6.07, 6.45) is 0. The van der Waals surface area contributed by atoms with Gasteiger partial charge in [-0.2, -0.15) is 0 Å². The van der Waals surface area contributed by atoms with Crippen molar-refractivity contribution in [2.75, 3.05) is 0 Å². The summed E-state index contributed by atoms with van der Waals surface area (Å²) in [5.41, 5.74) is 2.86. The van der Waals surface area contributed by atoms with Crippen LogP contribution in [0.3, 0.4) is 0 Å². The number of aromatic amines is 1. The van der Waals surface area contributed by atoms with Crippen LogP contribution in [0.25, 0.3) is 21.3 Å². The number of hydrogen-bond donors (Lipinski definition) is 1. The van der Waals surface area contributed by atoms with E-state index in [4.69, 9.17) is 0 Å². The lowest BCUT2D eigenvalue weighted by Gasteiger charge is -1.91. The van der Waals surface area contributed by atoms with E-state index in [1.54, 1.807) is 0 Å².